The molecule has 1 heterocycles. The molecule has 1 aliphatic rings. The van der Waals surface area contributed by atoms with E-state index in [1.807, 2.05) is 27.7 Å². The van der Waals surface area contributed by atoms with Gasteiger partial charge in [0.2, 0.25) is 17.7 Å². The zero-order valence-corrected chi connectivity index (χ0v) is 20.5. The fourth-order valence-electron chi connectivity index (χ4n) is 3.85. The van der Waals surface area contributed by atoms with Crippen molar-refractivity contribution < 1.29 is 24.3 Å². The van der Waals surface area contributed by atoms with Gasteiger partial charge in [0.05, 0.1) is 6.04 Å². The first-order chi connectivity index (χ1) is 15.6. The Morgan fingerprint density at radius 3 is 2.21 bits per heavy atom. The summed E-state index contributed by atoms with van der Waals surface area (Å²) >= 11 is 0. The number of hydrogen-bond donors (Lipinski definition) is 6. The molecule has 33 heavy (non-hydrogen) atoms. The number of carbonyl (C=O) groups is 4. The Kier molecular flexibility index (Phi) is 13.0. The molecular weight excluding hydrogens is 426 g/mol. The van der Waals surface area contributed by atoms with E-state index in [0.717, 1.165) is 19.4 Å². The molecule has 1 saturated heterocycles. The molecule has 5 unspecified atom stereocenters. The fraction of sp³-hybridized carbons (Fsp3) is 0.826. The van der Waals surface area contributed by atoms with Crippen LogP contribution in [0.25, 0.3) is 0 Å². The van der Waals surface area contributed by atoms with Gasteiger partial charge in [-0.25, -0.2) is 4.79 Å². The van der Waals surface area contributed by atoms with Crippen LogP contribution >= 0.6 is 0 Å². The molecule has 10 nitrogen and oxygen atoms in total. The number of carbonyl (C=O) groups excluding carboxylic acids is 3. The van der Waals surface area contributed by atoms with Crippen LogP contribution in [0, 0.1) is 11.8 Å². The lowest BCUT2D eigenvalue weighted by atomic mass is 9.96. The van der Waals surface area contributed by atoms with Gasteiger partial charge >= 0.3 is 5.97 Å². The third-order valence-corrected chi connectivity index (χ3v) is 6.07. The lowest BCUT2D eigenvalue weighted by Gasteiger charge is -2.28. The van der Waals surface area contributed by atoms with E-state index < -0.39 is 35.9 Å². The van der Waals surface area contributed by atoms with E-state index in [4.69, 9.17) is 5.73 Å². The third-order valence-electron chi connectivity index (χ3n) is 6.07. The predicted molar refractivity (Wildman–Crippen MR) is 126 cm³/mol. The van der Waals surface area contributed by atoms with Crippen molar-refractivity contribution in [1.29, 1.82) is 0 Å². The molecule has 190 valence electrons. The monoisotopic (exact) mass is 469 g/mol. The van der Waals surface area contributed by atoms with Crippen molar-refractivity contribution >= 4 is 23.7 Å². The fourth-order valence-corrected chi connectivity index (χ4v) is 3.85. The molecule has 0 aliphatic carbocycles. The summed E-state index contributed by atoms with van der Waals surface area (Å²) in [4.78, 5) is 50.3. The maximum absolute atomic E-state index is 13.2. The van der Waals surface area contributed by atoms with Crippen LogP contribution in [-0.4, -0.2) is 66.1 Å². The highest BCUT2D eigenvalue weighted by atomic mass is 16.4. The predicted octanol–water partition coefficient (Wildman–Crippen LogP) is 0.499. The van der Waals surface area contributed by atoms with Gasteiger partial charge in [-0.2, -0.15) is 0 Å². The van der Waals surface area contributed by atoms with Crippen molar-refractivity contribution in [2.24, 2.45) is 17.6 Å². The van der Waals surface area contributed by atoms with Gasteiger partial charge in [0.15, 0.2) is 0 Å². The molecule has 0 spiro atoms. The summed E-state index contributed by atoms with van der Waals surface area (Å²) in [6, 6.07) is -3.06. The summed E-state index contributed by atoms with van der Waals surface area (Å²) < 4.78 is 0. The van der Waals surface area contributed by atoms with Crippen LogP contribution in [0.3, 0.4) is 0 Å². The number of nitrogens with two attached hydrogens (primary N) is 1. The molecule has 3 amide bonds. The molecule has 0 bridgehead atoms. The summed E-state index contributed by atoms with van der Waals surface area (Å²) in [6.45, 7) is 8.78. The molecule has 0 aromatic heterocycles. The van der Waals surface area contributed by atoms with Crippen molar-refractivity contribution in [3.05, 3.63) is 0 Å². The Labute approximate surface area is 197 Å². The highest BCUT2D eigenvalue weighted by Gasteiger charge is 2.33. The van der Waals surface area contributed by atoms with Gasteiger partial charge in [0, 0.05) is 0 Å². The van der Waals surface area contributed by atoms with Crippen LogP contribution in [0.2, 0.25) is 0 Å². The smallest absolute Gasteiger partial charge is 0.326 e. The molecule has 0 aromatic carbocycles. The van der Waals surface area contributed by atoms with E-state index in [2.05, 4.69) is 21.3 Å². The van der Waals surface area contributed by atoms with E-state index in [0.29, 0.717) is 32.2 Å². The highest BCUT2D eigenvalue weighted by molar-refractivity contribution is 5.94. The molecule has 0 aromatic rings. The largest absolute Gasteiger partial charge is 0.480 e. The van der Waals surface area contributed by atoms with E-state index >= 15 is 0 Å². The van der Waals surface area contributed by atoms with E-state index in [1.54, 1.807) is 0 Å². The summed E-state index contributed by atoms with van der Waals surface area (Å²) in [5.74, 6) is -2.39. The Balaban J connectivity index is 2.94. The molecular formula is C23H43N5O5. The van der Waals surface area contributed by atoms with Gasteiger partial charge in [0.1, 0.15) is 18.1 Å². The summed E-state index contributed by atoms with van der Waals surface area (Å²) in [7, 11) is 0. The molecule has 1 aliphatic heterocycles. The maximum atomic E-state index is 13.2. The van der Waals surface area contributed by atoms with Crippen LogP contribution in [0.4, 0.5) is 0 Å². The quantitative estimate of drug-likeness (QED) is 0.190. The number of aliphatic carboxylic acids is 1. The second kappa shape index (κ2) is 14.8. The summed E-state index contributed by atoms with van der Waals surface area (Å²) in [5.41, 5.74) is 5.57. The van der Waals surface area contributed by atoms with Gasteiger partial charge in [0.25, 0.3) is 0 Å². The number of rotatable bonds is 15. The first-order valence-electron chi connectivity index (χ1n) is 12.2. The molecule has 5 atom stereocenters. The minimum Gasteiger partial charge on any atom is -0.480 e. The van der Waals surface area contributed by atoms with E-state index in [-0.39, 0.29) is 30.2 Å². The molecule has 1 fully saturated rings. The number of nitrogens with one attached hydrogen (secondary N) is 4. The van der Waals surface area contributed by atoms with Crippen molar-refractivity contribution in [2.75, 3.05) is 13.1 Å². The van der Waals surface area contributed by atoms with Crippen LogP contribution in [-0.2, 0) is 19.2 Å². The Morgan fingerprint density at radius 2 is 1.70 bits per heavy atom. The molecule has 0 saturated carbocycles. The van der Waals surface area contributed by atoms with Crippen LogP contribution in [0.5, 0.6) is 0 Å². The maximum Gasteiger partial charge on any atom is 0.326 e. The first-order valence-corrected chi connectivity index (χ1v) is 12.2. The minimum atomic E-state index is -1.11. The molecule has 7 N–H and O–H groups in total. The number of amides is 3. The number of unbranched alkanes of at least 4 members (excludes halogenated alkanes) is 1. The van der Waals surface area contributed by atoms with Crippen molar-refractivity contribution in [2.45, 2.75) is 96.8 Å². The summed E-state index contributed by atoms with van der Waals surface area (Å²) in [5, 5.41) is 20.8. The van der Waals surface area contributed by atoms with Gasteiger partial charge in [-0.15, -0.1) is 0 Å². The number of hydrogen-bond acceptors (Lipinski definition) is 6. The average Bonchev–Trinajstić information content (AvgIpc) is 3.30. The van der Waals surface area contributed by atoms with Gasteiger partial charge in [-0.3, -0.25) is 14.4 Å². The SMILES string of the molecule is CCC(C)C(NC(=O)C1CCCN1)C(=O)NC(CCCCN)C(=O)NC(CC(C)C)C(=O)O. The second-order valence-corrected chi connectivity index (χ2v) is 9.40. The van der Waals surface area contributed by atoms with Gasteiger partial charge < -0.3 is 32.1 Å². The number of carboxylic acid groups (broad SMARTS) is 1. The third kappa shape index (κ3) is 10.1. The van der Waals surface area contributed by atoms with E-state index in [1.165, 1.54) is 0 Å². The number of carboxylic acids is 1. The second-order valence-electron chi connectivity index (χ2n) is 9.40. The van der Waals surface area contributed by atoms with Gasteiger partial charge in [-0.05, 0) is 63.5 Å². The first kappa shape index (κ1) is 28.8. The Hall–Kier alpha value is -2.20. The topological polar surface area (TPSA) is 163 Å². The van der Waals surface area contributed by atoms with E-state index in [9.17, 15) is 24.3 Å². The van der Waals surface area contributed by atoms with Crippen LogP contribution in [0.1, 0.15) is 72.6 Å². The lowest BCUT2D eigenvalue weighted by molar-refractivity contribution is -0.143. The minimum absolute atomic E-state index is 0.0749. The van der Waals surface area contributed by atoms with Crippen LogP contribution in [0.15, 0.2) is 0 Å². The zero-order chi connectivity index (χ0) is 25.0. The van der Waals surface area contributed by atoms with Crippen molar-refractivity contribution in [3.8, 4) is 0 Å². The molecule has 0 radical (unpaired) electrons. The molecule has 1 rings (SSSR count). The molecule has 10 heteroatoms. The van der Waals surface area contributed by atoms with Crippen LogP contribution < -0.4 is 27.0 Å². The van der Waals surface area contributed by atoms with Gasteiger partial charge in [-0.1, -0.05) is 34.1 Å². The zero-order valence-electron chi connectivity index (χ0n) is 20.5. The Morgan fingerprint density at radius 1 is 1.03 bits per heavy atom. The Bertz CT molecular complexity index is 651. The standard InChI is InChI=1S/C23H43N5O5/c1-5-15(4)19(28-20(29)16-10-8-12-25-16)22(31)26-17(9-6-7-11-24)21(30)27-18(23(32)33)13-14(2)3/h14-19,25H,5-13,24H2,1-4H3,(H,26,31)(H,27,30)(H,28,29)(H,32,33). The van der Waals surface area contributed by atoms with Crippen molar-refractivity contribution in [1.82, 2.24) is 21.3 Å². The normalized spacial score (nSPS) is 19.4. The highest BCUT2D eigenvalue weighted by Crippen LogP contribution is 2.13. The van der Waals surface area contributed by atoms with Crippen molar-refractivity contribution in [3.63, 3.8) is 0 Å². The average molecular weight is 470 g/mol. The lowest BCUT2D eigenvalue weighted by Crippen LogP contribution is -2.58. The summed E-state index contributed by atoms with van der Waals surface area (Å²) in [6.07, 6.45) is 4.17.